The van der Waals surface area contributed by atoms with E-state index in [2.05, 4.69) is 31.1 Å². The van der Waals surface area contributed by atoms with E-state index in [4.69, 9.17) is 16.6 Å². The number of unbranched alkanes of at least 4 members (excludes halogenated alkanes) is 2. The maximum Gasteiger partial charge on any atom is 0.257 e. The molecule has 1 unspecified atom stereocenters. The van der Waals surface area contributed by atoms with Crippen molar-refractivity contribution >= 4 is 35.0 Å². The number of Topliss-reactive ketones (excluding diaryl/α,β-unsaturated/α-hetero) is 1. The van der Waals surface area contributed by atoms with Crippen molar-refractivity contribution in [3.05, 3.63) is 62.0 Å². The summed E-state index contributed by atoms with van der Waals surface area (Å²) in [6.45, 7) is 6.36. The number of hydrogen-bond donors (Lipinski definition) is 2. The molecular weight excluding hydrogens is 430 g/mol. The summed E-state index contributed by atoms with van der Waals surface area (Å²) >= 11 is 7.84. The number of hydrogen-bond acceptors (Lipinski definition) is 5. The summed E-state index contributed by atoms with van der Waals surface area (Å²) in [5.74, 6) is 1.07. The van der Waals surface area contributed by atoms with Crippen molar-refractivity contribution in [2.45, 2.75) is 63.9 Å². The number of nitrogens with one attached hydrogen (secondary N) is 2. The lowest BCUT2D eigenvalue weighted by Gasteiger charge is -2.38. The molecule has 7 heteroatoms. The second kappa shape index (κ2) is 8.83. The van der Waals surface area contributed by atoms with Crippen LogP contribution >= 0.6 is 23.4 Å². The molecule has 0 spiro atoms. The molecule has 0 radical (unpaired) electrons. The molecule has 31 heavy (non-hydrogen) atoms. The van der Waals surface area contributed by atoms with Gasteiger partial charge in [0.15, 0.2) is 10.9 Å². The number of thioether (sulfide) groups is 1. The molecule has 1 aromatic carbocycles. The second-order valence-electron chi connectivity index (χ2n) is 9.14. The molecule has 2 aliphatic rings. The van der Waals surface area contributed by atoms with Gasteiger partial charge >= 0.3 is 0 Å². The van der Waals surface area contributed by atoms with Crippen molar-refractivity contribution in [1.82, 2.24) is 9.97 Å². The van der Waals surface area contributed by atoms with Crippen LogP contribution in [0.2, 0.25) is 5.02 Å². The number of benzene rings is 1. The lowest BCUT2D eigenvalue weighted by Crippen LogP contribution is -2.37. The predicted molar refractivity (Wildman–Crippen MR) is 127 cm³/mol. The Kier molecular flexibility index (Phi) is 6.31. The Balaban J connectivity index is 1.82. The van der Waals surface area contributed by atoms with Gasteiger partial charge in [0.1, 0.15) is 5.82 Å². The number of ketones is 1. The topological polar surface area (TPSA) is 74.8 Å². The van der Waals surface area contributed by atoms with Crippen LogP contribution in [0.15, 0.2) is 45.5 Å². The highest BCUT2D eigenvalue weighted by atomic mass is 35.5. The van der Waals surface area contributed by atoms with Crippen LogP contribution in [-0.2, 0) is 4.79 Å². The highest BCUT2D eigenvalue weighted by molar-refractivity contribution is 7.99. The smallest absolute Gasteiger partial charge is 0.257 e. The number of nitrogens with zero attached hydrogens (tertiary/aromatic N) is 1. The van der Waals surface area contributed by atoms with Crippen molar-refractivity contribution in [3.8, 4) is 0 Å². The lowest BCUT2D eigenvalue weighted by molar-refractivity contribution is -0.118. The molecule has 1 aromatic heterocycles. The summed E-state index contributed by atoms with van der Waals surface area (Å²) < 4.78 is 0. The van der Waals surface area contributed by atoms with Crippen LogP contribution in [0.4, 0.5) is 5.82 Å². The van der Waals surface area contributed by atoms with Gasteiger partial charge in [-0.25, -0.2) is 4.98 Å². The van der Waals surface area contributed by atoms with Crippen LogP contribution in [0.5, 0.6) is 0 Å². The first-order valence-corrected chi connectivity index (χ1v) is 12.2. The minimum absolute atomic E-state index is 0.0757. The summed E-state index contributed by atoms with van der Waals surface area (Å²) in [6.07, 6.45) is 4.58. The van der Waals surface area contributed by atoms with Crippen molar-refractivity contribution < 1.29 is 4.79 Å². The van der Waals surface area contributed by atoms with Gasteiger partial charge in [0.2, 0.25) is 0 Å². The lowest BCUT2D eigenvalue weighted by atomic mass is 9.69. The largest absolute Gasteiger partial charge is 0.343 e. The van der Waals surface area contributed by atoms with Gasteiger partial charge in [-0.05, 0) is 36.0 Å². The fourth-order valence-corrected chi connectivity index (χ4v) is 5.56. The van der Waals surface area contributed by atoms with Gasteiger partial charge in [-0.1, -0.05) is 69.1 Å². The van der Waals surface area contributed by atoms with Crippen molar-refractivity contribution in [3.63, 3.8) is 0 Å². The highest BCUT2D eigenvalue weighted by Gasteiger charge is 2.42. The number of H-pyrrole nitrogens is 1. The molecule has 2 aromatic rings. The van der Waals surface area contributed by atoms with E-state index in [9.17, 15) is 9.59 Å². The number of fused-ring (bicyclic) bond motifs is 1. The van der Waals surface area contributed by atoms with E-state index in [1.165, 1.54) is 0 Å². The van der Waals surface area contributed by atoms with E-state index in [0.717, 1.165) is 42.7 Å². The van der Waals surface area contributed by atoms with Crippen LogP contribution in [0.25, 0.3) is 0 Å². The van der Waals surface area contributed by atoms with Crippen LogP contribution in [0.1, 0.15) is 69.9 Å². The van der Waals surface area contributed by atoms with E-state index >= 15 is 0 Å². The number of carbonyl (C=O) groups is 1. The average Bonchev–Trinajstić information content (AvgIpc) is 2.68. The highest BCUT2D eigenvalue weighted by Crippen LogP contribution is 2.47. The first-order chi connectivity index (χ1) is 14.8. The van der Waals surface area contributed by atoms with Crippen molar-refractivity contribution in [1.29, 1.82) is 0 Å². The first kappa shape index (κ1) is 22.2. The number of aromatic amines is 1. The van der Waals surface area contributed by atoms with E-state index in [1.807, 2.05) is 18.2 Å². The van der Waals surface area contributed by atoms with Crippen molar-refractivity contribution in [2.75, 3.05) is 11.1 Å². The zero-order valence-corrected chi connectivity index (χ0v) is 19.8. The standard InChI is InChI=1S/C24H28ClN3O2S/c1-4-5-6-10-31-23-27-21-20(22(30)28-23)18(14-8-7-9-15(25)11-14)19-16(26-21)12-24(2,3)13-17(19)29/h7-9,11,18H,4-6,10,12-13H2,1-3H3,(H2,26,27,28,30). The number of anilines is 1. The minimum Gasteiger partial charge on any atom is -0.343 e. The van der Waals surface area contributed by atoms with Crippen LogP contribution in [0.3, 0.4) is 0 Å². The third-order valence-electron chi connectivity index (χ3n) is 5.87. The molecule has 0 fully saturated rings. The molecule has 1 atom stereocenters. The molecule has 0 bridgehead atoms. The molecule has 4 rings (SSSR count). The van der Waals surface area contributed by atoms with Gasteiger partial charge in [-0.3, -0.25) is 9.59 Å². The van der Waals surface area contributed by atoms with Gasteiger partial charge in [0.25, 0.3) is 5.56 Å². The number of aromatic nitrogens is 2. The van der Waals surface area contributed by atoms with E-state index in [1.54, 1.807) is 17.8 Å². The molecule has 0 saturated heterocycles. The first-order valence-electron chi connectivity index (χ1n) is 10.8. The number of carbonyl (C=O) groups excluding carboxylic acids is 1. The van der Waals surface area contributed by atoms with E-state index in [-0.39, 0.29) is 16.8 Å². The Morgan fingerprint density at radius 3 is 2.77 bits per heavy atom. The van der Waals surface area contributed by atoms with Crippen LogP contribution < -0.4 is 10.9 Å². The third-order valence-corrected chi connectivity index (χ3v) is 7.06. The van der Waals surface area contributed by atoms with E-state index < -0.39 is 5.92 Å². The average molecular weight is 458 g/mol. The maximum absolute atomic E-state index is 13.2. The summed E-state index contributed by atoms with van der Waals surface area (Å²) in [6, 6.07) is 7.42. The second-order valence-corrected chi connectivity index (χ2v) is 10.7. The number of allylic oxidation sites excluding steroid dienone is 2. The molecule has 0 saturated carbocycles. The number of rotatable bonds is 6. The molecule has 164 valence electrons. The predicted octanol–water partition coefficient (Wildman–Crippen LogP) is 5.91. The van der Waals surface area contributed by atoms with Gasteiger partial charge in [0, 0.05) is 34.4 Å². The number of halogens is 1. The normalized spacial score (nSPS) is 19.6. The zero-order chi connectivity index (χ0) is 22.2. The quantitative estimate of drug-likeness (QED) is 0.320. The SMILES string of the molecule is CCCCCSc1nc2c(c(=O)[nH]1)C(c1cccc(Cl)c1)C1=C(CC(C)(C)CC1=O)N2. The molecular formula is C24H28ClN3O2S. The molecule has 2 heterocycles. The molecule has 5 nitrogen and oxygen atoms in total. The Hall–Kier alpha value is -2.05. The Morgan fingerprint density at radius 1 is 1.23 bits per heavy atom. The van der Waals surface area contributed by atoms with Gasteiger partial charge in [-0.2, -0.15) is 0 Å². The molecule has 0 amide bonds. The minimum atomic E-state index is -0.469. The van der Waals surface area contributed by atoms with Gasteiger partial charge in [-0.15, -0.1) is 0 Å². The summed E-state index contributed by atoms with van der Waals surface area (Å²) in [7, 11) is 0. The summed E-state index contributed by atoms with van der Waals surface area (Å²) in [5, 5.41) is 4.56. The monoisotopic (exact) mass is 457 g/mol. The third kappa shape index (κ3) is 4.60. The maximum atomic E-state index is 13.2. The Labute approximate surface area is 192 Å². The molecule has 2 N–H and O–H groups in total. The summed E-state index contributed by atoms with van der Waals surface area (Å²) in [4.78, 5) is 34.2. The molecule has 1 aliphatic heterocycles. The van der Waals surface area contributed by atoms with Crippen molar-refractivity contribution in [2.24, 2.45) is 5.41 Å². The van der Waals surface area contributed by atoms with Gasteiger partial charge in [0.05, 0.1) is 5.56 Å². The van der Waals surface area contributed by atoms with Crippen LogP contribution in [-0.4, -0.2) is 21.5 Å². The Bertz CT molecular complexity index is 1110. The Morgan fingerprint density at radius 2 is 2.03 bits per heavy atom. The van der Waals surface area contributed by atoms with Gasteiger partial charge < -0.3 is 10.3 Å². The van der Waals surface area contributed by atoms with Crippen LogP contribution in [0, 0.1) is 5.41 Å². The van der Waals surface area contributed by atoms with E-state index in [0.29, 0.717) is 33.6 Å². The molecule has 1 aliphatic carbocycles. The zero-order valence-electron chi connectivity index (χ0n) is 18.2. The fraction of sp³-hybridized carbons (Fsp3) is 0.458. The fourth-order valence-electron chi connectivity index (χ4n) is 4.50. The summed E-state index contributed by atoms with van der Waals surface area (Å²) in [5.41, 5.74) is 2.53.